The summed E-state index contributed by atoms with van der Waals surface area (Å²) in [6.07, 6.45) is 1.24. The largest absolute Gasteiger partial charge is 0.493 e. The molecule has 0 saturated carbocycles. The number of nitrogens with zero attached hydrogens (tertiary/aromatic N) is 1. The van der Waals surface area contributed by atoms with E-state index in [1.165, 1.54) is 0 Å². The van der Waals surface area contributed by atoms with Crippen LogP contribution in [0.4, 0.5) is 0 Å². The Morgan fingerprint density at radius 1 is 1.12 bits per heavy atom. The molecule has 148 valence electrons. The predicted molar refractivity (Wildman–Crippen MR) is 104 cm³/mol. The quantitative estimate of drug-likeness (QED) is 0.618. The van der Waals surface area contributed by atoms with E-state index in [4.69, 9.17) is 14.2 Å². The normalized spacial score (nSPS) is 14.3. The van der Waals surface area contributed by atoms with Gasteiger partial charge in [-0.05, 0) is 30.7 Å². The maximum absolute atomic E-state index is 12.2. The maximum atomic E-state index is 12.2. The molecule has 0 spiro atoms. The Morgan fingerprint density at radius 2 is 1.73 bits per heavy atom. The summed E-state index contributed by atoms with van der Waals surface area (Å²) in [5.41, 5.74) is 0.828. The van der Waals surface area contributed by atoms with Gasteiger partial charge in [0.2, 0.25) is 11.7 Å². The van der Waals surface area contributed by atoms with Crippen molar-refractivity contribution in [3.05, 3.63) is 17.7 Å². The van der Waals surface area contributed by atoms with Crippen LogP contribution in [-0.4, -0.2) is 71.4 Å². The minimum atomic E-state index is -0.00502. The van der Waals surface area contributed by atoms with E-state index < -0.39 is 0 Å². The van der Waals surface area contributed by atoms with E-state index in [-0.39, 0.29) is 24.7 Å². The molecule has 0 bridgehead atoms. The molecule has 0 radical (unpaired) electrons. The Labute approximate surface area is 161 Å². The van der Waals surface area contributed by atoms with E-state index in [0.29, 0.717) is 23.8 Å². The van der Waals surface area contributed by atoms with E-state index in [0.717, 1.165) is 44.7 Å². The van der Waals surface area contributed by atoms with Crippen molar-refractivity contribution in [2.75, 3.05) is 60.6 Å². The number of hydrogen-bond donors (Lipinski definition) is 2. The van der Waals surface area contributed by atoms with Gasteiger partial charge in [0, 0.05) is 32.7 Å². The fourth-order valence-corrected chi connectivity index (χ4v) is 2.95. The van der Waals surface area contributed by atoms with E-state index in [1.54, 1.807) is 21.3 Å². The molecule has 1 fully saturated rings. The van der Waals surface area contributed by atoms with Gasteiger partial charge in [0.15, 0.2) is 11.5 Å². The second-order valence-corrected chi connectivity index (χ2v) is 6.01. The number of amides is 1. The third-order valence-electron chi connectivity index (χ3n) is 4.27. The maximum Gasteiger partial charge on any atom is 0.224 e. The summed E-state index contributed by atoms with van der Waals surface area (Å²) >= 11 is 0. The average Bonchev–Trinajstić information content (AvgIpc) is 2.65. The lowest BCUT2D eigenvalue weighted by Crippen LogP contribution is -2.44. The summed E-state index contributed by atoms with van der Waals surface area (Å²) in [4.78, 5) is 14.6. The van der Waals surface area contributed by atoms with Crippen molar-refractivity contribution in [1.29, 1.82) is 0 Å². The van der Waals surface area contributed by atoms with E-state index in [2.05, 4.69) is 15.5 Å². The monoisotopic (exact) mass is 387 g/mol. The van der Waals surface area contributed by atoms with Gasteiger partial charge < -0.3 is 29.7 Å². The number of piperazine rings is 1. The highest BCUT2D eigenvalue weighted by Gasteiger charge is 2.15. The van der Waals surface area contributed by atoms with Gasteiger partial charge >= 0.3 is 0 Å². The summed E-state index contributed by atoms with van der Waals surface area (Å²) < 4.78 is 15.9. The minimum Gasteiger partial charge on any atom is -0.493 e. The summed E-state index contributed by atoms with van der Waals surface area (Å²) in [5.74, 6) is 1.64. The molecule has 0 aromatic heterocycles. The van der Waals surface area contributed by atoms with Crippen LogP contribution in [0.2, 0.25) is 0 Å². The molecule has 8 heteroatoms. The molecule has 1 aliphatic heterocycles. The average molecular weight is 388 g/mol. The van der Waals surface area contributed by atoms with Crippen molar-refractivity contribution in [2.24, 2.45) is 0 Å². The molecule has 0 atom stereocenters. The van der Waals surface area contributed by atoms with Crippen molar-refractivity contribution in [3.8, 4) is 17.2 Å². The molecule has 2 rings (SSSR count). The zero-order chi connectivity index (χ0) is 18.1. The molecule has 1 saturated heterocycles. The van der Waals surface area contributed by atoms with Crippen LogP contribution in [0.3, 0.4) is 0 Å². The molecule has 1 aromatic rings. The molecule has 26 heavy (non-hydrogen) atoms. The summed E-state index contributed by atoms with van der Waals surface area (Å²) in [7, 11) is 4.69. The van der Waals surface area contributed by atoms with Gasteiger partial charge in [0.1, 0.15) is 0 Å². The number of benzene rings is 1. The van der Waals surface area contributed by atoms with Crippen LogP contribution >= 0.6 is 12.4 Å². The first-order valence-corrected chi connectivity index (χ1v) is 8.66. The third-order valence-corrected chi connectivity index (χ3v) is 4.27. The summed E-state index contributed by atoms with van der Waals surface area (Å²) in [6.45, 7) is 5.97. The highest BCUT2D eigenvalue weighted by atomic mass is 35.5. The number of nitrogens with one attached hydrogen (secondary N) is 2. The zero-order valence-corrected chi connectivity index (χ0v) is 16.6. The molecule has 2 N–H and O–H groups in total. The van der Waals surface area contributed by atoms with Crippen LogP contribution in [-0.2, 0) is 11.2 Å². The van der Waals surface area contributed by atoms with E-state index >= 15 is 0 Å². The molecule has 1 amide bonds. The van der Waals surface area contributed by atoms with E-state index in [9.17, 15) is 4.79 Å². The minimum absolute atomic E-state index is 0. The topological polar surface area (TPSA) is 72.1 Å². The standard InChI is InChI=1S/C18H29N3O4.ClH/c1-23-15-11-14(12-16(24-2)18(15)25-3)13-17(22)20-5-4-8-21-9-6-19-7-10-21;/h11-12,19H,4-10,13H2,1-3H3,(H,20,22);1H. The Bertz CT molecular complexity index is 540. The molecular formula is C18H30ClN3O4. The molecular weight excluding hydrogens is 358 g/mol. The first-order valence-electron chi connectivity index (χ1n) is 8.66. The molecule has 1 aromatic carbocycles. The number of methoxy groups -OCH3 is 3. The fraction of sp³-hybridized carbons (Fsp3) is 0.611. The van der Waals surface area contributed by atoms with Crippen LogP contribution in [0.15, 0.2) is 12.1 Å². The van der Waals surface area contributed by atoms with Gasteiger partial charge in [0.05, 0.1) is 27.8 Å². The van der Waals surface area contributed by atoms with Gasteiger partial charge in [-0.2, -0.15) is 0 Å². The fourth-order valence-electron chi connectivity index (χ4n) is 2.95. The second kappa shape index (κ2) is 11.8. The Balaban J connectivity index is 0.00000338. The van der Waals surface area contributed by atoms with Crippen molar-refractivity contribution >= 4 is 18.3 Å². The summed E-state index contributed by atoms with van der Waals surface area (Å²) in [6, 6.07) is 3.61. The summed E-state index contributed by atoms with van der Waals surface area (Å²) in [5, 5.41) is 6.32. The Kier molecular flexibility index (Phi) is 10.2. The lowest BCUT2D eigenvalue weighted by atomic mass is 10.1. The Morgan fingerprint density at radius 3 is 2.27 bits per heavy atom. The zero-order valence-electron chi connectivity index (χ0n) is 15.8. The van der Waals surface area contributed by atoms with Gasteiger partial charge in [-0.1, -0.05) is 0 Å². The van der Waals surface area contributed by atoms with Crippen molar-refractivity contribution < 1.29 is 19.0 Å². The molecule has 0 aliphatic carbocycles. The van der Waals surface area contributed by atoms with Gasteiger partial charge in [-0.3, -0.25) is 4.79 Å². The van der Waals surface area contributed by atoms with Crippen LogP contribution < -0.4 is 24.8 Å². The second-order valence-electron chi connectivity index (χ2n) is 6.01. The SMILES string of the molecule is COc1cc(CC(=O)NCCCN2CCNCC2)cc(OC)c1OC.Cl. The molecule has 0 unspecified atom stereocenters. The first kappa shape index (κ1) is 22.3. The Hall–Kier alpha value is -1.70. The highest BCUT2D eigenvalue weighted by molar-refractivity contribution is 5.85. The smallest absolute Gasteiger partial charge is 0.224 e. The molecule has 1 aliphatic rings. The molecule has 7 nitrogen and oxygen atoms in total. The number of carbonyl (C=O) groups excluding carboxylic acids is 1. The van der Waals surface area contributed by atoms with E-state index in [1.807, 2.05) is 12.1 Å². The highest BCUT2D eigenvalue weighted by Crippen LogP contribution is 2.38. The van der Waals surface area contributed by atoms with Crippen LogP contribution in [0.25, 0.3) is 0 Å². The predicted octanol–water partition coefficient (Wildman–Crippen LogP) is 1.09. The van der Waals surface area contributed by atoms with Crippen LogP contribution in [0, 0.1) is 0 Å². The van der Waals surface area contributed by atoms with Gasteiger partial charge in [-0.15, -0.1) is 12.4 Å². The lowest BCUT2D eigenvalue weighted by Gasteiger charge is -2.27. The number of halogens is 1. The number of carbonyl (C=O) groups is 1. The van der Waals surface area contributed by atoms with Crippen molar-refractivity contribution in [3.63, 3.8) is 0 Å². The number of ether oxygens (including phenoxy) is 3. The lowest BCUT2D eigenvalue weighted by molar-refractivity contribution is -0.120. The van der Waals surface area contributed by atoms with Crippen molar-refractivity contribution in [1.82, 2.24) is 15.5 Å². The van der Waals surface area contributed by atoms with Crippen LogP contribution in [0.5, 0.6) is 17.2 Å². The van der Waals surface area contributed by atoms with Gasteiger partial charge in [0.25, 0.3) is 0 Å². The number of hydrogen-bond acceptors (Lipinski definition) is 6. The van der Waals surface area contributed by atoms with Gasteiger partial charge in [-0.25, -0.2) is 0 Å². The third kappa shape index (κ3) is 6.55. The molecule has 1 heterocycles. The number of rotatable bonds is 9. The van der Waals surface area contributed by atoms with Crippen molar-refractivity contribution in [2.45, 2.75) is 12.8 Å². The van der Waals surface area contributed by atoms with Crippen LogP contribution in [0.1, 0.15) is 12.0 Å². The first-order chi connectivity index (χ1) is 12.2.